The van der Waals surface area contributed by atoms with E-state index in [-0.39, 0.29) is 0 Å². The number of anilines is 3. The number of hydrogen-bond acceptors (Lipinski definition) is 5. The van der Waals surface area contributed by atoms with Crippen LogP contribution in [-0.2, 0) is 0 Å². The molecule has 9 aromatic carbocycles. The summed E-state index contributed by atoms with van der Waals surface area (Å²) in [7, 11) is 0. The maximum absolute atomic E-state index is 6.66. The minimum atomic E-state index is 0.651. The lowest BCUT2D eigenvalue weighted by Crippen LogP contribution is -2.09. The molecule has 0 aliphatic carbocycles. The van der Waals surface area contributed by atoms with Crippen LogP contribution in [0.15, 0.2) is 233 Å². The maximum atomic E-state index is 6.66. The van der Waals surface area contributed by atoms with Gasteiger partial charge in [-0.2, -0.15) is 0 Å². The van der Waals surface area contributed by atoms with E-state index in [0.717, 1.165) is 100 Å². The van der Waals surface area contributed by atoms with Crippen LogP contribution in [0, 0.1) is 0 Å². The molecule has 63 heavy (non-hydrogen) atoms. The molecule has 0 bridgehead atoms. The van der Waals surface area contributed by atoms with Gasteiger partial charge in [0.2, 0.25) is 0 Å². The zero-order chi connectivity index (χ0) is 41.7. The molecule has 0 unspecified atom stereocenters. The fourth-order valence-corrected chi connectivity index (χ4v) is 8.91. The topological polar surface area (TPSA) is 55.3 Å². The Kier molecular flexibility index (Phi) is 8.75. The maximum Gasteiger partial charge on any atom is 0.160 e. The first-order valence-corrected chi connectivity index (χ1v) is 21.1. The van der Waals surface area contributed by atoms with E-state index in [1.807, 2.05) is 66.7 Å². The monoisotopic (exact) mass is 807 g/mol. The zero-order valence-corrected chi connectivity index (χ0v) is 34.0. The predicted molar refractivity (Wildman–Crippen MR) is 258 cm³/mol. The van der Waals surface area contributed by atoms with Gasteiger partial charge in [0.05, 0.1) is 11.4 Å². The van der Waals surface area contributed by atoms with E-state index in [4.69, 9.17) is 18.8 Å². The number of nitrogens with zero attached hydrogens (tertiary/aromatic N) is 3. The van der Waals surface area contributed by atoms with Gasteiger partial charge in [-0.25, -0.2) is 9.97 Å². The number of benzene rings is 9. The summed E-state index contributed by atoms with van der Waals surface area (Å²) in [5, 5.41) is 4.14. The molecular formula is C58H37N3O2. The summed E-state index contributed by atoms with van der Waals surface area (Å²) < 4.78 is 12.9. The van der Waals surface area contributed by atoms with Crippen LogP contribution in [0.3, 0.4) is 0 Å². The van der Waals surface area contributed by atoms with E-state index in [1.54, 1.807) is 0 Å². The SMILES string of the molecule is c1ccc(-c2ccc(N(c3ccccc3)c3ccc(-c4ccc5c(c4)oc4cccc(-c6cc(-c7cccc8oc9ccccc9c78)nc(-c7ccccc7)n6)c45)cc3)cc2)cc1. The highest BCUT2D eigenvalue weighted by atomic mass is 16.3. The van der Waals surface area contributed by atoms with Crippen molar-refractivity contribution in [3.05, 3.63) is 224 Å². The van der Waals surface area contributed by atoms with Gasteiger partial charge in [-0.15, -0.1) is 0 Å². The summed E-state index contributed by atoms with van der Waals surface area (Å²) in [5.41, 5.74) is 15.7. The minimum Gasteiger partial charge on any atom is -0.456 e. The lowest BCUT2D eigenvalue weighted by atomic mass is 9.98. The smallest absolute Gasteiger partial charge is 0.160 e. The number of para-hydroxylation sites is 2. The van der Waals surface area contributed by atoms with Gasteiger partial charge in [0.1, 0.15) is 22.3 Å². The van der Waals surface area contributed by atoms with Crippen LogP contribution in [0.25, 0.3) is 100 Å². The largest absolute Gasteiger partial charge is 0.456 e. The third-order valence-corrected chi connectivity index (χ3v) is 11.9. The third kappa shape index (κ3) is 6.51. The standard InChI is InChI=1S/C58H37N3O2/c1-4-14-38(15-5-1)39-26-31-44(32-27-39)61(43-18-8-3-9-19-43)45-33-28-40(29-34-45)42-30-35-49-55(36-42)63-54-25-13-22-47(57(49)54)51-37-50(59-58(60-51)41-16-6-2-7-17-41)46-21-12-24-53-56(46)48-20-10-11-23-52(48)62-53/h1-37H. The number of furan rings is 2. The van der Waals surface area contributed by atoms with Crippen LogP contribution < -0.4 is 4.90 Å². The van der Waals surface area contributed by atoms with Crippen molar-refractivity contribution in [1.29, 1.82) is 0 Å². The first kappa shape index (κ1) is 36.3. The Labute approximate surface area is 363 Å². The van der Waals surface area contributed by atoms with Crippen molar-refractivity contribution in [3.63, 3.8) is 0 Å². The Morgan fingerprint density at radius 1 is 0.302 bits per heavy atom. The molecule has 0 aliphatic heterocycles. The molecular weight excluding hydrogens is 771 g/mol. The van der Waals surface area contributed by atoms with Crippen LogP contribution in [0.1, 0.15) is 0 Å². The van der Waals surface area contributed by atoms with E-state index >= 15 is 0 Å². The summed E-state index contributed by atoms with van der Waals surface area (Å²) in [4.78, 5) is 12.7. The molecule has 12 rings (SSSR count). The van der Waals surface area contributed by atoms with Crippen LogP contribution in [0.2, 0.25) is 0 Å². The fourth-order valence-electron chi connectivity index (χ4n) is 8.91. The average Bonchev–Trinajstić information content (AvgIpc) is 3.94. The second kappa shape index (κ2) is 15.2. The summed E-state index contributed by atoms with van der Waals surface area (Å²) in [6.45, 7) is 0. The van der Waals surface area contributed by atoms with Crippen LogP contribution in [0.5, 0.6) is 0 Å². The van der Waals surface area contributed by atoms with Gasteiger partial charge < -0.3 is 13.7 Å². The number of fused-ring (bicyclic) bond motifs is 6. The molecule has 3 heterocycles. The van der Waals surface area contributed by atoms with Crippen molar-refractivity contribution >= 4 is 60.9 Å². The lowest BCUT2D eigenvalue weighted by molar-refractivity contribution is 0.668. The Hall–Kier alpha value is -8.54. The summed E-state index contributed by atoms with van der Waals surface area (Å²) in [6, 6.07) is 77.9. The van der Waals surface area contributed by atoms with Crippen molar-refractivity contribution < 1.29 is 8.83 Å². The van der Waals surface area contributed by atoms with E-state index in [2.05, 4.69) is 163 Å². The van der Waals surface area contributed by atoms with Crippen LogP contribution in [-0.4, -0.2) is 9.97 Å². The highest BCUT2D eigenvalue weighted by molar-refractivity contribution is 6.14. The number of hydrogen-bond donors (Lipinski definition) is 0. The fraction of sp³-hybridized carbons (Fsp3) is 0. The van der Waals surface area contributed by atoms with Crippen LogP contribution >= 0.6 is 0 Å². The van der Waals surface area contributed by atoms with Crippen LogP contribution in [0.4, 0.5) is 17.1 Å². The molecule has 0 amide bonds. The lowest BCUT2D eigenvalue weighted by Gasteiger charge is -2.26. The first-order chi connectivity index (χ1) is 31.2. The predicted octanol–water partition coefficient (Wildman–Crippen LogP) is 16.1. The summed E-state index contributed by atoms with van der Waals surface area (Å²) >= 11 is 0. The minimum absolute atomic E-state index is 0.651. The van der Waals surface area contributed by atoms with Gasteiger partial charge in [0.25, 0.3) is 0 Å². The van der Waals surface area contributed by atoms with Crippen molar-refractivity contribution in [3.8, 4) is 56.2 Å². The average molecular weight is 808 g/mol. The number of rotatable bonds is 8. The summed E-state index contributed by atoms with van der Waals surface area (Å²) in [5.74, 6) is 0.651. The van der Waals surface area contributed by atoms with Crippen molar-refractivity contribution in [2.45, 2.75) is 0 Å². The third-order valence-electron chi connectivity index (χ3n) is 11.9. The van der Waals surface area contributed by atoms with Crippen molar-refractivity contribution in [1.82, 2.24) is 9.97 Å². The molecule has 296 valence electrons. The van der Waals surface area contributed by atoms with E-state index in [0.29, 0.717) is 5.82 Å². The van der Waals surface area contributed by atoms with E-state index in [9.17, 15) is 0 Å². The Bertz CT molecular complexity index is 3600. The molecule has 12 aromatic rings. The highest BCUT2D eigenvalue weighted by Crippen LogP contribution is 2.42. The normalized spacial score (nSPS) is 11.5. The van der Waals surface area contributed by atoms with Gasteiger partial charge in [-0.1, -0.05) is 152 Å². The molecule has 3 aromatic heterocycles. The molecule has 0 radical (unpaired) electrons. The van der Waals surface area contributed by atoms with Gasteiger partial charge in [-0.05, 0) is 95.1 Å². The Morgan fingerprint density at radius 3 is 1.37 bits per heavy atom. The second-order valence-electron chi connectivity index (χ2n) is 15.7. The quantitative estimate of drug-likeness (QED) is 0.153. The molecule has 5 nitrogen and oxygen atoms in total. The molecule has 0 fully saturated rings. The molecule has 0 saturated carbocycles. The first-order valence-electron chi connectivity index (χ1n) is 21.1. The van der Waals surface area contributed by atoms with Gasteiger partial charge in [-0.3, -0.25) is 0 Å². The van der Waals surface area contributed by atoms with Gasteiger partial charge in [0.15, 0.2) is 5.82 Å². The Balaban J connectivity index is 0.932. The van der Waals surface area contributed by atoms with Crippen molar-refractivity contribution in [2.24, 2.45) is 0 Å². The molecule has 0 N–H and O–H groups in total. The highest BCUT2D eigenvalue weighted by Gasteiger charge is 2.20. The van der Waals surface area contributed by atoms with Gasteiger partial charge >= 0.3 is 0 Å². The van der Waals surface area contributed by atoms with Gasteiger partial charge in [0, 0.05) is 55.3 Å². The summed E-state index contributed by atoms with van der Waals surface area (Å²) in [6.07, 6.45) is 0. The second-order valence-corrected chi connectivity index (χ2v) is 15.7. The molecule has 0 atom stereocenters. The molecule has 5 heteroatoms. The van der Waals surface area contributed by atoms with E-state index < -0.39 is 0 Å². The number of aromatic nitrogens is 2. The molecule has 0 saturated heterocycles. The Morgan fingerprint density at radius 2 is 0.746 bits per heavy atom. The van der Waals surface area contributed by atoms with Crippen molar-refractivity contribution in [2.75, 3.05) is 4.90 Å². The zero-order valence-electron chi connectivity index (χ0n) is 34.0. The molecule has 0 aliphatic rings. The molecule has 0 spiro atoms. The van der Waals surface area contributed by atoms with E-state index in [1.165, 1.54) is 11.1 Å².